The summed E-state index contributed by atoms with van der Waals surface area (Å²) in [6.45, 7) is 6.26. The van der Waals surface area contributed by atoms with Crippen LogP contribution < -0.4 is 43.0 Å². The quantitative estimate of drug-likeness (QED) is 0.0333. The summed E-state index contributed by atoms with van der Waals surface area (Å²) in [5.74, 6) is -10.4. The molecule has 11 N–H and O–H groups in total. The number of nitrogens with zero attached hydrogens (tertiary/aromatic N) is 2. The number of aromatic nitrogens is 1. The summed E-state index contributed by atoms with van der Waals surface area (Å²) >= 11 is 0. The summed E-state index contributed by atoms with van der Waals surface area (Å²) in [7, 11) is 1.51. The number of halogens is 2. The van der Waals surface area contributed by atoms with E-state index in [1.165, 1.54) is 25.9 Å². The molecule has 0 saturated carbocycles. The molecule has 0 aliphatic rings. The van der Waals surface area contributed by atoms with Gasteiger partial charge in [0.15, 0.2) is 0 Å². The highest BCUT2D eigenvalue weighted by Gasteiger charge is 2.39. The number of hydrogen-bond donors (Lipinski definition) is 10. The van der Waals surface area contributed by atoms with E-state index in [1.807, 2.05) is 18.2 Å². The minimum atomic E-state index is -1.77. The molecule has 25 nitrogen and oxygen atoms in total. The number of benzene rings is 2. The van der Waals surface area contributed by atoms with Gasteiger partial charge in [-0.25, -0.2) is 8.78 Å². The first kappa shape index (κ1) is 66.4. The van der Waals surface area contributed by atoms with Gasteiger partial charge < -0.3 is 76.8 Å². The highest BCUT2D eigenvalue weighted by molar-refractivity contribution is 5.97. The van der Waals surface area contributed by atoms with Gasteiger partial charge in [0.1, 0.15) is 49.0 Å². The fourth-order valence-corrected chi connectivity index (χ4v) is 7.96. The highest BCUT2D eigenvalue weighted by atomic mass is 19.1. The molecule has 27 heteroatoms. The average Bonchev–Trinajstić information content (AvgIpc) is 3.95. The molecule has 2 aromatic carbocycles. The topological polar surface area (TPSA) is 357 Å². The molecule has 0 fully saturated rings. The molecule has 1 aromatic heterocycles. The molecule has 5 atom stereocenters. The van der Waals surface area contributed by atoms with E-state index in [4.69, 9.17) is 25.1 Å². The second kappa shape index (κ2) is 33.5. The van der Waals surface area contributed by atoms with Crippen molar-refractivity contribution in [2.45, 2.75) is 97.1 Å². The number of primary amides is 1. The van der Waals surface area contributed by atoms with Gasteiger partial charge in [0.2, 0.25) is 53.2 Å². The van der Waals surface area contributed by atoms with Crippen LogP contribution in [-0.2, 0) is 68.7 Å². The first-order valence-electron chi connectivity index (χ1n) is 25.6. The first-order valence-corrected chi connectivity index (χ1v) is 25.6. The minimum absolute atomic E-state index is 0.0759. The van der Waals surface area contributed by atoms with Gasteiger partial charge in [0.05, 0.1) is 51.9 Å². The maximum Gasteiger partial charge on any atom is 0.303 e. The van der Waals surface area contributed by atoms with E-state index in [2.05, 4.69) is 37.2 Å². The monoisotopic (exact) mass is 1130 g/mol. The average molecular weight is 1130 g/mol. The number of carbonyl (C=O) groups excluding carboxylic acids is 9. The normalized spacial score (nSPS) is 13.1. The predicted octanol–water partition coefficient (Wildman–Crippen LogP) is -0.473. The number of carbonyl (C=O) groups is 10. The van der Waals surface area contributed by atoms with Crippen molar-refractivity contribution in [3.8, 4) is 11.1 Å². The maximum absolute atomic E-state index is 15.4. The number of hydrogen-bond acceptors (Lipinski definition) is 14. The largest absolute Gasteiger partial charge is 0.481 e. The van der Waals surface area contributed by atoms with Crippen molar-refractivity contribution >= 4 is 59.1 Å². The van der Waals surface area contributed by atoms with Crippen LogP contribution in [0.25, 0.3) is 11.1 Å². The molecule has 3 aromatic rings. The number of aliphatic hydroxyl groups is 1. The highest BCUT2D eigenvalue weighted by Crippen LogP contribution is 2.41. The summed E-state index contributed by atoms with van der Waals surface area (Å²) in [6, 6.07) is 6.74. The number of ether oxygens (including phenoxy) is 3. The van der Waals surface area contributed by atoms with E-state index < -0.39 is 152 Å². The smallest absolute Gasteiger partial charge is 0.303 e. The van der Waals surface area contributed by atoms with Crippen LogP contribution in [0.2, 0.25) is 0 Å². The van der Waals surface area contributed by atoms with Crippen molar-refractivity contribution in [2.24, 2.45) is 11.1 Å². The van der Waals surface area contributed by atoms with E-state index in [0.29, 0.717) is 18.9 Å². The van der Waals surface area contributed by atoms with Crippen molar-refractivity contribution in [3.05, 3.63) is 83.7 Å². The lowest BCUT2D eigenvalue weighted by atomic mass is 9.82. The van der Waals surface area contributed by atoms with Gasteiger partial charge in [0.25, 0.3) is 0 Å². The molecule has 0 saturated heterocycles. The molecule has 3 rings (SSSR count). The molecule has 0 aliphatic heterocycles. The van der Waals surface area contributed by atoms with Gasteiger partial charge >= 0.3 is 5.97 Å². The Morgan fingerprint density at radius 1 is 0.725 bits per heavy atom. The Morgan fingerprint density at radius 2 is 1.36 bits per heavy atom. The van der Waals surface area contributed by atoms with E-state index >= 15 is 4.39 Å². The zero-order chi connectivity index (χ0) is 59.5. The molecule has 0 aliphatic carbocycles. The maximum atomic E-state index is 15.4. The van der Waals surface area contributed by atoms with Crippen LogP contribution in [0.1, 0.15) is 77.6 Å². The molecule has 1 heterocycles. The lowest BCUT2D eigenvalue weighted by molar-refractivity contribution is -0.140. The number of rotatable bonds is 35. The number of methoxy groups -OCH3 is 1. The number of nitrogens with two attached hydrogens (primary N) is 1. The van der Waals surface area contributed by atoms with Crippen molar-refractivity contribution in [1.82, 2.24) is 46.7 Å². The van der Waals surface area contributed by atoms with Crippen LogP contribution in [0.5, 0.6) is 0 Å². The molecule has 0 spiro atoms. The van der Waals surface area contributed by atoms with Gasteiger partial charge in [-0.15, -0.1) is 0 Å². The number of aliphatic hydroxyl groups excluding tert-OH is 1. The van der Waals surface area contributed by atoms with Crippen LogP contribution in [0.15, 0.2) is 60.8 Å². The summed E-state index contributed by atoms with van der Waals surface area (Å²) in [4.78, 5) is 130. The van der Waals surface area contributed by atoms with Crippen LogP contribution >= 0.6 is 0 Å². The Labute approximate surface area is 461 Å². The molecular weight excluding hydrogens is 1050 g/mol. The third kappa shape index (κ3) is 23.2. The van der Waals surface area contributed by atoms with E-state index in [1.54, 1.807) is 49.7 Å². The Morgan fingerprint density at radius 3 is 2.01 bits per heavy atom. The number of nitrogens with one attached hydrogen (secondary N) is 7. The van der Waals surface area contributed by atoms with Crippen LogP contribution in [0.3, 0.4) is 0 Å². The van der Waals surface area contributed by atoms with Gasteiger partial charge in [-0.05, 0) is 55.5 Å². The first-order chi connectivity index (χ1) is 37.8. The molecule has 0 bridgehead atoms. The van der Waals surface area contributed by atoms with Crippen LogP contribution in [0, 0.1) is 17.0 Å². The predicted molar refractivity (Wildman–Crippen MR) is 283 cm³/mol. The van der Waals surface area contributed by atoms with Gasteiger partial charge in [0, 0.05) is 62.7 Å². The number of amides is 9. The van der Waals surface area contributed by atoms with Gasteiger partial charge in [-0.3, -0.25) is 47.9 Å². The van der Waals surface area contributed by atoms with Crippen LogP contribution in [-0.4, -0.2) is 176 Å². The second-order valence-electron chi connectivity index (χ2n) is 19.5. The molecule has 80 heavy (non-hydrogen) atoms. The van der Waals surface area contributed by atoms with E-state index in [-0.39, 0.29) is 50.4 Å². The molecule has 0 radical (unpaired) electrons. The third-order valence-corrected chi connectivity index (χ3v) is 11.9. The Hall–Kier alpha value is -7.88. The Bertz CT molecular complexity index is 2600. The zero-order valence-corrected chi connectivity index (χ0v) is 45.7. The van der Waals surface area contributed by atoms with E-state index in [0.717, 1.165) is 23.8 Å². The standard InChI is InChI=1S/C53H74F2N10O15/c1-32(60-45(70)31-80-23-22-79-21-20-78-6)49(74)61-33(2)50(75)63-40(26-42(56)67)52(77)62-39(51(76)58-18-17-57-44(69)27-59-43(68)14-15-47(72)73)16-19-65(46(71)30-66)48(53(3,4)5)41-24-35(37-25-36(54)12-13-38(37)55)29-64(41)28-34-10-8-7-9-11-34/h7-13,24-25,29,32-33,39-40,48,66H,14-23,26-28,30-31H2,1-6H3,(H2,56,67)(H,57,69)(H,58,76)(H,59,68)(H,60,70)(H,61,74)(H,62,77)(H,63,75)(H,72,73)/t32-,33+,39-,40-,48-/m0/s1. The Balaban J connectivity index is 1.94. The summed E-state index contributed by atoms with van der Waals surface area (Å²) < 4.78 is 47.1. The summed E-state index contributed by atoms with van der Waals surface area (Å²) in [5, 5.41) is 36.2. The lowest BCUT2D eigenvalue weighted by Crippen LogP contribution is -2.58. The second-order valence-corrected chi connectivity index (χ2v) is 19.5. The van der Waals surface area contributed by atoms with Gasteiger partial charge in [-0.1, -0.05) is 51.1 Å². The van der Waals surface area contributed by atoms with Crippen molar-refractivity contribution < 1.29 is 81.1 Å². The van der Waals surface area contributed by atoms with Crippen LogP contribution in [0.4, 0.5) is 8.78 Å². The number of carboxylic acids is 1. The summed E-state index contributed by atoms with van der Waals surface area (Å²) in [5.41, 5.74) is 5.98. The summed E-state index contributed by atoms with van der Waals surface area (Å²) in [6.07, 6.45) is -0.465. The fraction of sp³-hybridized carbons (Fsp3) is 0.509. The molecule has 440 valence electrons. The van der Waals surface area contributed by atoms with Crippen molar-refractivity contribution in [3.63, 3.8) is 0 Å². The number of aliphatic carboxylic acids is 1. The fourth-order valence-electron chi connectivity index (χ4n) is 7.96. The molecule has 0 unspecified atom stereocenters. The van der Waals surface area contributed by atoms with Gasteiger partial charge in [-0.2, -0.15) is 0 Å². The minimum Gasteiger partial charge on any atom is -0.481 e. The number of carboxylic acid groups (broad SMARTS) is 1. The third-order valence-electron chi connectivity index (χ3n) is 11.9. The Kier molecular flexibility index (Phi) is 27.8. The van der Waals surface area contributed by atoms with Crippen molar-refractivity contribution in [2.75, 3.05) is 72.9 Å². The lowest BCUT2D eigenvalue weighted by Gasteiger charge is -2.41. The molecular formula is C53H74F2N10O15. The zero-order valence-electron chi connectivity index (χ0n) is 45.7. The van der Waals surface area contributed by atoms with E-state index in [9.17, 15) is 57.4 Å². The SMILES string of the molecule is COCCOCCOCC(=O)N[C@@H](C)C(=O)N[C@H](C)C(=O)N[C@@H](CC(N)=O)C(=O)N[C@@H](CCN(C(=O)CO)[C@@H](c1cc(-c2cc(F)ccc2F)cn1Cc1ccccc1)C(C)(C)C)C(=O)NCCNC(=O)CNC(=O)CCC(=O)O. The molecule has 9 amide bonds. The van der Waals surface area contributed by atoms with Crippen molar-refractivity contribution in [1.29, 1.82) is 0 Å².